The molecule has 0 spiro atoms. The molecule has 1 aromatic carbocycles. The van der Waals surface area contributed by atoms with E-state index in [0.29, 0.717) is 17.3 Å². The second-order valence-corrected chi connectivity index (χ2v) is 8.00. The molecule has 23 heavy (non-hydrogen) atoms. The number of hydrogen-bond donors (Lipinski definition) is 1. The van der Waals surface area contributed by atoms with Crippen LogP contribution in [0.5, 0.6) is 0 Å². The molecule has 2 unspecified atom stereocenters. The minimum Gasteiger partial charge on any atom is -0.376 e. The highest BCUT2D eigenvalue weighted by molar-refractivity contribution is 7.92. The Balaban J connectivity index is 2.07. The molecule has 2 atom stereocenters. The number of amides is 1. The third-order valence-corrected chi connectivity index (χ3v) is 5.07. The molecule has 1 fully saturated rings. The zero-order valence-corrected chi connectivity index (χ0v) is 14.7. The van der Waals surface area contributed by atoms with Crippen LogP contribution < -0.4 is 9.62 Å². The van der Waals surface area contributed by atoms with Gasteiger partial charge in [0.05, 0.1) is 24.1 Å². The van der Waals surface area contributed by atoms with E-state index in [9.17, 15) is 13.2 Å². The molecule has 1 saturated heterocycles. The molecule has 1 aliphatic heterocycles. The summed E-state index contributed by atoms with van der Waals surface area (Å²) in [6.45, 7) is 2.26. The standard InChI is InChI=1S/C15H21ClN2O4S/c1-11(14-7-4-8-22-14)17-15(19)10-18(23(2,20)21)13-6-3-5-12(16)9-13/h3,5-6,9,11,14H,4,7-8,10H2,1-2H3,(H,17,19). The van der Waals surface area contributed by atoms with Gasteiger partial charge in [-0.3, -0.25) is 9.10 Å². The highest BCUT2D eigenvalue weighted by atomic mass is 35.5. The molecule has 1 aromatic rings. The number of anilines is 1. The van der Waals surface area contributed by atoms with E-state index in [1.54, 1.807) is 18.2 Å². The van der Waals surface area contributed by atoms with Crippen molar-refractivity contribution < 1.29 is 17.9 Å². The molecule has 1 aliphatic rings. The van der Waals surface area contributed by atoms with Crippen LogP contribution in [0.1, 0.15) is 19.8 Å². The Kier molecular flexibility index (Phi) is 5.89. The number of benzene rings is 1. The van der Waals surface area contributed by atoms with E-state index in [-0.39, 0.29) is 24.6 Å². The molecule has 0 radical (unpaired) electrons. The Labute approximate surface area is 141 Å². The molecule has 2 rings (SSSR count). The number of sulfonamides is 1. The lowest BCUT2D eigenvalue weighted by Crippen LogP contribution is -2.46. The first-order valence-electron chi connectivity index (χ1n) is 7.41. The van der Waals surface area contributed by atoms with E-state index in [4.69, 9.17) is 16.3 Å². The van der Waals surface area contributed by atoms with Crippen molar-refractivity contribution in [3.8, 4) is 0 Å². The summed E-state index contributed by atoms with van der Waals surface area (Å²) in [5, 5.41) is 3.21. The van der Waals surface area contributed by atoms with Gasteiger partial charge in [0.15, 0.2) is 0 Å². The minimum absolute atomic E-state index is 0.0168. The predicted octanol–water partition coefficient (Wildman–Crippen LogP) is 1.79. The SMILES string of the molecule is CC(NC(=O)CN(c1cccc(Cl)c1)S(C)(=O)=O)C1CCCO1. The topological polar surface area (TPSA) is 75.7 Å². The van der Waals surface area contributed by atoms with Crippen molar-refractivity contribution in [2.75, 3.05) is 23.7 Å². The van der Waals surface area contributed by atoms with Crippen molar-refractivity contribution in [3.05, 3.63) is 29.3 Å². The first kappa shape index (κ1) is 18.0. The molecule has 0 saturated carbocycles. The lowest BCUT2D eigenvalue weighted by atomic mass is 10.1. The largest absolute Gasteiger partial charge is 0.376 e. The van der Waals surface area contributed by atoms with Crippen LogP contribution in [0.4, 0.5) is 5.69 Å². The lowest BCUT2D eigenvalue weighted by Gasteiger charge is -2.25. The molecule has 1 heterocycles. The van der Waals surface area contributed by atoms with Gasteiger partial charge in [-0.2, -0.15) is 0 Å². The Bertz CT molecular complexity index is 659. The van der Waals surface area contributed by atoms with Crippen molar-refractivity contribution >= 4 is 33.2 Å². The summed E-state index contributed by atoms with van der Waals surface area (Å²) in [4.78, 5) is 12.2. The van der Waals surface area contributed by atoms with Gasteiger partial charge in [-0.15, -0.1) is 0 Å². The molecular formula is C15H21ClN2O4S. The molecule has 6 nitrogen and oxygen atoms in total. The van der Waals surface area contributed by atoms with Crippen LogP contribution in [-0.2, 0) is 19.6 Å². The first-order valence-corrected chi connectivity index (χ1v) is 9.64. The molecule has 0 bridgehead atoms. The van der Waals surface area contributed by atoms with Crippen molar-refractivity contribution in [1.82, 2.24) is 5.32 Å². The average Bonchev–Trinajstić information content (AvgIpc) is 2.97. The van der Waals surface area contributed by atoms with Crippen molar-refractivity contribution in [2.45, 2.75) is 31.9 Å². The van der Waals surface area contributed by atoms with E-state index in [1.807, 2.05) is 6.92 Å². The number of carbonyl (C=O) groups is 1. The van der Waals surface area contributed by atoms with Gasteiger partial charge in [-0.25, -0.2) is 8.42 Å². The summed E-state index contributed by atoms with van der Waals surface area (Å²) < 4.78 is 30.6. The number of ether oxygens (including phenoxy) is 1. The van der Waals surface area contributed by atoms with Crippen LogP contribution in [0.15, 0.2) is 24.3 Å². The zero-order chi connectivity index (χ0) is 17.0. The van der Waals surface area contributed by atoms with Gasteiger partial charge < -0.3 is 10.1 Å². The van der Waals surface area contributed by atoms with Crippen LogP contribution in [0.2, 0.25) is 5.02 Å². The highest BCUT2D eigenvalue weighted by Crippen LogP contribution is 2.21. The highest BCUT2D eigenvalue weighted by Gasteiger charge is 2.26. The van der Waals surface area contributed by atoms with Crippen molar-refractivity contribution in [1.29, 1.82) is 0 Å². The number of halogens is 1. The number of rotatable bonds is 6. The van der Waals surface area contributed by atoms with Gasteiger partial charge in [-0.05, 0) is 38.0 Å². The van der Waals surface area contributed by atoms with Crippen LogP contribution in [-0.4, -0.2) is 45.9 Å². The van der Waals surface area contributed by atoms with Crippen LogP contribution >= 0.6 is 11.6 Å². The average molecular weight is 361 g/mol. The van der Waals surface area contributed by atoms with E-state index in [0.717, 1.165) is 23.4 Å². The van der Waals surface area contributed by atoms with E-state index in [2.05, 4.69) is 5.32 Å². The molecule has 8 heteroatoms. The molecular weight excluding hydrogens is 340 g/mol. The maximum atomic E-state index is 12.2. The van der Waals surface area contributed by atoms with Gasteiger partial charge in [0.2, 0.25) is 15.9 Å². The Morgan fingerprint density at radius 2 is 2.26 bits per heavy atom. The molecule has 0 aliphatic carbocycles. The fraction of sp³-hybridized carbons (Fsp3) is 0.533. The molecule has 1 N–H and O–H groups in total. The summed E-state index contributed by atoms with van der Waals surface area (Å²) in [5.41, 5.74) is 0.361. The predicted molar refractivity (Wildman–Crippen MR) is 90.2 cm³/mol. The van der Waals surface area contributed by atoms with Crippen molar-refractivity contribution in [2.24, 2.45) is 0 Å². The summed E-state index contributed by atoms with van der Waals surface area (Å²) in [5.74, 6) is -0.376. The van der Waals surface area contributed by atoms with Crippen molar-refractivity contribution in [3.63, 3.8) is 0 Å². The third kappa shape index (κ3) is 5.09. The van der Waals surface area contributed by atoms with E-state index in [1.165, 1.54) is 6.07 Å². The summed E-state index contributed by atoms with van der Waals surface area (Å²) in [6.07, 6.45) is 2.91. The zero-order valence-electron chi connectivity index (χ0n) is 13.2. The van der Waals surface area contributed by atoms with Gasteiger partial charge in [0.1, 0.15) is 6.54 Å². The number of hydrogen-bond acceptors (Lipinski definition) is 4. The second-order valence-electron chi connectivity index (χ2n) is 5.66. The normalized spacial score (nSPS) is 19.3. The quantitative estimate of drug-likeness (QED) is 0.839. The first-order chi connectivity index (χ1) is 10.8. The Morgan fingerprint density at radius 1 is 1.52 bits per heavy atom. The third-order valence-electron chi connectivity index (χ3n) is 3.69. The second kappa shape index (κ2) is 7.51. The maximum absolute atomic E-state index is 12.2. The molecule has 0 aromatic heterocycles. The summed E-state index contributed by atoms with van der Waals surface area (Å²) >= 11 is 5.91. The number of carbonyl (C=O) groups excluding carboxylic acids is 1. The Hall–Kier alpha value is -1.31. The van der Waals surface area contributed by atoms with Gasteiger partial charge in [0, 0.05) is 11.6 Å². The minimum atomic E-state index is -3.60. The van der Waals surface area contributed by atoms with Crippen LogP contribution in [0.25, 0.3) is 0 Å². The van der Waals surface area contributed by atoms with Gasteiger partial charge >= 0.3 is 0 Å². The fourth-order valence-corrected chi connectivity index (χ4v) is 3.58. The summed E-state index contributed by atoms with van der Waals surface area (Å²) in [6, 6.07) is 6.24. The lowest BCUT2D eigenvalue weighted by molar-refractivity contribution is -0.121. The maximum Gasteiger partial charge on any atom is 0.241 e. The van der Waals surface area contributed by atoms with E-state index < -0.39 is 10.0 Å². The Morgan fingerprint density at radius 3 is 2.83 bits per heavy atom. The van der Waals surface area contributed by atoms with Gasteiger partial charge in [0.25, 0.3) is 0 Å². The van der Waals surface area contributed by atoms with Crippen LogP contribution in [0.3, 0.4) is 0 Å². The number of nitrogens with zero attached hydrogens (tertiary/aromatic N) is 1. The van der Waals surface area contributed by atoms with Crippen LogP contribution in [0, 0.1) is 0 Å². The molecule has 1 amide bonds. The monoisotopic (exact) mass is 360 g/mol. The molecule has 128 valence electrons. The van der Waals surface area contributed by atoms with Gasteiger partial charge in [-0.1, -0.05) is 17.7 Å². The number of nitrogens with one attached hydrogen (secondary N) is 1. The fourth-order valence-electron chi connectivity index (χ4n) is 2.55. The smallest absolute Gasteiger partial charge is 0.241 e. The van der Waals surface area contributed by atoms with E-state index >= 15 is 0 Å². The summed E-state index contributed by atoms with van der Waals surface area (Å²) in [7, 11) is -3.60.